The minimum absolute atomic E-state index is 0.00192. The fourth-order valence-electron chi connectivity index (χ4n) is 3.95. The molecule has 1 aromatic heterocycles. The van der Waals surface area contributed by atoms with Gasteiger partial charge in [-0.3, -0.25) is 9.59 Å². The number of hydrogen-bond donors (Lipinski definition) is 1. The van der Waals surface area contributed by atoms with E-state index in [1.165, 1.54) is 43.2 Å². The predicted octanol–water partition coefficient (Wildman–Crippen LogP) is 1.56. The molecular formula is C18H26N2O3. The van der Waals surface area contributed by atoms with Crippen LogP contribution in [0, 0.1) is 18.8 Å². The van der Waals surface area contributed by atoms with Gasteiger partial charge in [0, 0.05) is 24.8 Å². The van der Waals surface area contributed by atoms with E-state index >= 15 is 0 Å². The number of aromatic nitrogens is 1. The Bertz CT molecular complexity index is 638. The van der Waals surface area contributed by atoms with Crippen LogP contribution in [-0.4, -0.2) is 39.2 Å². The summed E-state index contributed by atoms with van der Waals surface area (Å²) < 4.78 is 1.46. The Hall–Kier alpha value is -1.62. The topological polar surface area (TPSA) is 62.5 Å². The van der Waals surface area contributed by atoms with Crippen molar-refractivity contribution in [2.24, 2.45) is 11.8 Å². The first-order valence-electron chi connectivity index (χ1n) is 8.57. The fraction of sp³-hybridized carbons (Fsp3) is 0.667. The number of hydrogen-bond acceptors (Lipinski definition) is 3. The van der Waals surface area contributed by atoms with Gasteiger partial charge in [-0.15, -0.1) is 0 Å². The molecule has 1 amide bonds. The highest BCUT2D eigenvalue weighted by Crippen LogP contribution is 2.37. The van der Waals surface area contributed by atoms with Gasteiger partial charge < -0.3 is 14.6 Å². The smallest absolute Gasteiger partial charge is 0.256 e. The largest absolute Gasteiger partial charge is 0.378 e. The number of aryl methyl sites for hydroxylation is 1. The van der Waals surface area contributed by atoms with Crippen molar-refractivity contribution in [3.8, 4) is 0 Å². The highest BCUT2D eigenvalue weighted by molar-refractivity contribution is 5.85. The molecule has 1 saturated heterocycles. The zero-order valence-corrected chi connectivity index (χ0v) is 14.0. The number of nitrogens with zero attached hydrogens (tertiary/aromatic N) is 2. The van der Waals surface area contributed by atoms with Crippen LogP contribution in [0.4, 0.5) is 0 Å². The molecule has 0 bridgehead atoms. The lowest BCUT2D eigenvalue weighted by Gasteiger charge is -2.45. The number of carbonyl (C=O) groups is 1. The predicted molar refractivity (Wildman–Crippen MR) is 88.1 cm³/mol. The second kappa shape index (κ2) is 6.11. The SMILES string of the molecule is Cc1cccc(=O)n1CC(C)(O)C(=O)N1CC(C2CCCC2)C1. The van der Waals surface area contributed by atoms with Crippen LogP contribution in [-0.2, 0) is 11.3 Å². The molecule has 1 aliphatic heterocycles. The molecule has 2 aliphatic rings. The average Bonchev–Trinajstić information content (AvgIpc) is 2.95. The Kier molecular flexibility index (Phi) is 4.32. The monoisotopic (exact) mass is 318 g/mol. The van der Waals surface area contributed by atoms with Crippen molar-refractivity contribution < 1.29 is 9.90 Å². The molecule has 1 N–H and O–H groups in total. The van der Waals surface area contributed by atoms with Crippen LogP contribution in [0.1, 0.15) is 38.3 Å². The average molecular weight is 318 g/mol. The quantitative estimate of drug-likeness (QED) is 0.916. The van der Waals surface area contributed by atoms with Crippen LogP contribution in [0.3, 0.4) is 0 Å². The van der Waals surface area contributed by atoms with E-state index < -0.39 is 5.60 Å². The molecule has 2 fully saturated rings. The molecule has 0 aromatic carbocycles. The van der Waals surface area contributed by atoms with E-state index in [9.17, 15) is 14.7 Å². The number of aliphatic hydroxyl groups is 1. The fourth-order valence-corrected chi connectivity index (χ4v) is 3.95. The summed E-state index contributed by atoms with van der Waals surface area (Å²) in [6, 6.07) is 4.95. The van der Waals surface area contributed by atoms with E-state index in [1.807, 2.05) is 13.0 Å². The Morgan fingerprint density at radius 1 is 1.26 bits per heavy atom. The van der Waals surface area contributed by atoms with Gasteiger partial charge in [-0.2, -0.15) is 0 Å². The summed E-state index contributed by atoms with van der Waals surface area (Å²) in [6.07, 6.45) is 5.18. The minimum Gasteiger partial charge on any atom is -0.378 e. The summed E-state index contributed by atoms with van der Waals surface area (Å²) in [7, 11) is 0. The molecule has 1 aliphatic carbocycles. The lowest BCUT2D eigenvalue weighted by molar-refractivity contribution is -0.159. The van der Waals surface area contributed by atoms with Gasteiger partial charge in [0.2, 0.25) is 0 Å². The molecule has 1 unspecified atom stereocenters. The second-order valence-electron chi connectivity index (χ2n) is 7.38. The van der Waals surface area contributed by atoms with Crippen molar-refractivity contribution in [3.05, 3.63) is 34.2 Å². The zero-order valence-electron chi connectivity index (χ0n) is 14.0. The third-order valence-electron chi connectivity index (χ3n) is 5.46. The minimum atomic E-state index is -1.55. The van der Waals surface area contributed by atoms with Gasteiger partial charge in [-0.1, -0.05) is 31.7 Å². The van der Waals surface area contributed by atoms with Crippen molar-refractivity contribution in [1.82, 2.24) is 9.47 Å². The molecule has 1 saturated carbocycles. The molecule has 0 radical (unpaired) electrons. The Morgan fingerprint density at radius 3 is 2.52 bits per heavy atom. The van der Waals surface area contributed by atoms with Crippen molar-refractivity contribution in [2.75, 3.05) is 13.1 Å². The highest BCUT2D eigenvalue weighted by Gasteiger charge is 2.43. The van der Waals surface area contributed by atoms with Crippen LogP contribution in [0.15, 0.2) is 23.0 Å². The first kappa shape index (κ1) is 16.2. The van der Waals surface area contributed by atoms with E-state index in [2.05, 4.69) is 0 Å². The van der Waals surface area contributed by atoms with Gasteiger partial charge >= 0.3 is 0 Å². The number of rotatable bonds is 4. The highest BCUT2D eigenvalue weighted by atomic mass is 16.3. The molecule has 1 aromatic rings. The Balaban J connectivity index is 1.63. The summed E-state index contributed by atoms with van der Waals surface area (Å²) >= 11 is 0. The van der Waals surface area contributed by atoms with Gasteiger partial charge in [-0.05, 0) is 31.7 Å². The Morgan fingerprint density at radius 2 is 1.91 bits per heavy atom. The summed E-state index contributed by atoms with van der Waals surface area (Å²) in [6.45, 7) is 4.82. The van der Waals surface area contributed by atoms with Crippen LogP contribution < -0.4 is 5.56 Å². The molecule has 126 valence electrons. The van der Waals surface area contributed by atoms with Crippen molar-refractivity contribution in [3.63, 3.8) is 0 Å². The summed E-state index contributed by atoms with van der Waals surface area (Å²) in [5, 5.41) is 10.6. The van der Waals surface area contributed by atoms with Crippen molar-refractivity contribution in [2.45, 2.75) is 51.7 Å². The molecule has 3 rings (SSSR count). The maximum absolute atomic E-state index is 12.6. The van der Waals surface area contributed by atoms with Crippen LogP contribution >= 0.6 is 0 Å². The molecule has 2 heterocycles. The van der Waals surface area contributed by atoms with Crippen molar-refractivity contribution >= 4 is 5.91 Å². The number of carbonyl (C=O) groups excluding carboxylic acids is 1. The van der Waals surface area contributed by atoms with Crippen molar-refractivity contribution in [1.29, 1.82) is 0 Å². The number of likely N-dealkylation sites (tertiary alicyclic amines) is 1. The first-order valence-corrected chi connectivity index (χ1v) is 8.57. The van der Waals surface area contributed by atoms with E-state index in [-0.39, 0.29) is 18.0 Å². The number of pyridine rings is 1. The number of amides is 1. The summed E-state index contributed by atoms with van der Waals surface area (Å²) in [4.78, 5) is 26.3. The van der Waals surface area contributed by atoms with Gasteiger partial charge in [0.25, 0.3) is 11.5 Å². The molecule has 23 heavy (non-hydrogen) atoms. The van der Waals surface area contributed by atoms with Crippen LogP contribution in [0.25, 0.3) is 0 Å². The third kappa shape index (κ3) is 3.20. The standard InChI is InChI=1S/C18H26N2O3/c1-13-6-5-9-16(21)20(13)12-18(2,23)17(22)19-10-15(11-19)14-7-3-4-8-14/h5-6,9,14-15,23H,3-4,7-8,10-12H2,1-2H3. The molecular weight excluding hydrogens is 292 g/mol. The lowest BCUT2D eigenvalue weighted by Crippen LogP contribution is -2.59. The maximum Gasteiger partial charge on any atom is 0.256 e. The molecule has 0 spiro atoms. The molecule has 5 nitrogen and oxygen atoms in total. The van der Waals surface area contributed by atoms with E-state index in [4.69, 9.17) is 0 Å². The van der Waals surface area contributed by atoms with Gasteiger partial charge in [-0.25, -0.2) is 0 Å². The first-order chi connectivity index (χ1) is 10.9. The van der Waals surface area contributed by atoms with E-state index in [0.717, 1.165) is 24.7 Å². The molecule has 1 atom stereocenters. The molecule has 5 heteroatoms. The second-order valence-corrected chi connectivity index (χ2v) is 7.38. The maximum atomic E-state index is 12.6. The Labute approximate surface area is 136 Å². The normalized spacial score (nSPS) is 22.0. The van der Waals surface area contributed by atoms with Crippen LogP contribution in [0.5, 0.6) is 0 Å². The van der Waals surface area contributed by atoms with E-state index in [0.29, 0.717) is 5.92 Å². The zero-order chi connectivity index (χ0) is 16.6. The third-order valence-corrected chi connectivity index (χ3v) is 5.46. The summed E-state index contributed by atoms with van der Waals surface area (Å²) in [5.74, 6) is 1.09. The van der Waals surface area contributed by atoms with Gasteiger partial charge in [0.05, 0.1) is 6.54 Å². The van der Waals surface area contributed by atoms with Gasteiger partial charge in [0.1, 0.15) is 0 Å². The van der Waals surface area contributed by atoms with Gasteiger partial charge in [0.15, 0.2) is 5.60 Å². The lowest BCUT2D eigenvalue weighted by atomic mass is 9.83. The van der Waals surface area contributed by atoms with E-state index in [1.54, 1.807) is 11.0 Å². The summed E-state index contributed by atoms with van der Waals surface area (Å²) in [5.41, 5.74) is -0.986. The van der Waals surface area contributed by atoms with Crippen LogP contribution in [0.2, 0.25) is 0 Å².